The fourth-order valence-corrected chi connectivity index (χ4v) is 3.68. The maximum absolute atomic E-state index is 14.9. The summed E-state index contributed by atoms with van der Waals surface area (Å²) in [5, 5.41) is 16.6. The third-order valence-electron chi connectivity index (χ3n) is 5.22. The van der Waals surface area contributed by atoms with Gasteiger partial charge in [-0.05, 0) is 37.6 Å². The van der Waals surface area contributed by atoms with Crippen molar-refractivity contribution in [1.82, 2.24) is 34.3 Å². The quantitative estimate of drug-likeness (QED) is 0.455. The summed E-state index contributed by atoms with van der Waals surface area (Å²) in [7, 11) is 1.54. The molecule has 5 rings (SSSR count). The minimum atomic E-state index is -0.366. The number of aryl methyl sites for hydroxylation is 2. The van der Waals surface area contributed by atoms with Crippen molar-refractivity contribution >= 4 is 16.8 Å². The lowest BCUT2D eigenvalue weighted by atomic mass is 9.99. The Balaban J connectivity index is 1.73. The lowest BCUT2D eigenvalue weighted by molar-refractivity contribution is 0.418. The van der Waals surface area contributed by atoms with Crippen LogP contribution < -0.4 is 4.74 Å². The van der Waals surface area contributed by atoms with Crippen molar-refractivity contribution in [1.29, 1.82) is 0 Å². The number of aromatic nitrogens is 7. The maximum Gasteiger partial charge on any atom is 0.203 e. The number of ether oxygens (including phenoxy) is 1. The maximum atomic E-state index is 14.9. The molecule has 8 nitrogen and oxygen atoms in total. The fourth-order valence-electron chi connectivity index (χ4n) is 3.68. The van der Waals surface area contributed by atoms with Gasteiger partial charge in [0.05, 0.1) is 19.6 Å². The first-order valence-corrected chi connectivity index (χ1v) is 9.47. The molecule has 0 atom stereocenters. The zero-order valence-electron chi connectivity index (χ0n) is 16.7. The summed E-state index contributed by atoms with van der Waals surface area (Å²) in [6.07, 6.45) is 5.19. The Morgan fingerprint density at radius 1 is 1.03 bits per heavy atom. The molecule has 0 unspecified atom stereocenters. The molecular formula is C21H18FN7O. The largest absolute Gasteiger partial charge is 0.492 e. The second-order valence-corrected chi connectivity index (χ2v) is 6.86. The molecule has 9 heteroatoms. The molecule has 0 saturated carbocycles. The number of rotatable bonds is 4. The zero-order chi connectivity index (χ0) is 20.8. The van der Waals surface area contributed by atoms with Crippen LogP contribution in [-0.2, 0) is 6.54 Å². The van der Waals surface area contributed by atoms with Gasteiger partial charge in [-0.15, -0.1) is 15.3 Å². The molecular weight excluding hydrogens is 385 g/mol. The van der Waals surface area contributed by atoms with E-state index in [4.69, 9.17) is 4.74 Å². The van der Waals surface area contributed by atoms with Crippen LogP contribution in [0.25, 0.3) is 39.1 Å². The van der Waals surface area contributed by atoms with Gasteiger partial charge in [-0.25, -0.2) is 9.37 Å². The molecule has 1 aromatic carbocycles. The standard InChI is InChI=1S/C21H18FN7O/c1-4-28-11-23-18-16(10-24-26-20(18)28)13-5-6-17(22)15(9-13)14-7-8-29-12(2)25-27-21(29)19(14)30-3/h5-11H,4H2,1-3H3. The second kappa shape index (κ2) is 6.87. The third-order valence-corrected chi connectivity index (χ3v) is 5.22. The van der Waals surface area contributed by atoms with E-state index in [1.807, 2.05) is 24.6 Å². The van der Waals surface area contributed by atoms with Gasteiger partial charge >= 0.3 is 0 Å². The molecule has 0 bridgehead atoms. The van der Waals surface area contributed by atoms with Crippen molar-refractivity contribution in [3.8, 4) is 28.0 Å². The van der Waals surface area contributed by atoms with Crippen LogP contribution in [0.5, 0.6) is 5.75 Å². The van der Waals surface area contributed by atoms with Gasteiger partial charge < -0.3 is 9.30 Å². The highest BCUT2D eigenvalue weighted by Gasteiger charge is 2.19. The van der Waals surface area contributed by atoms with E-state index in [2.05, 4.69) is 25.4 Å². The Hall–Kier alpha value is -3.88. The predicted octanol–water partition coefficient (Wildman–Crippen LogP) is 3.68. The summed E-state index contributed by atoms with van der Waals surface area (Å²) >= 11 is 0. The van der Waals surface area contributed by atoms with Crippen LogP contribution in [0.2, 0.25) is 0 Å². The van der Waals surface area contributed by atoms with Crippen LogP contribution in [0.3, 0.4) is 0 Å². The van der Waals surface area contributed by atoms with Crippen LogP contribution in [0, 0.1) is 12.7 Å². The summed E-state index contributed by atoms with van der Waals surface area (Å²) < 4.78 is 24.2. The lowest BCUT2D eigenvalue weighted by Crippen LogP contribution is -1.97. The van der Waals surface area contributed by atoms with Crippen molar-refractivity contribution < 1.29 is 9.13 Å². The Morgan fingerprint density at radius 2 is 1.90 bits per heavy atom. The zero-order valence-corrected chi connectivity index (χ0v) is 16.7. The van der Waals surface area contributed by atoms with Gasteiger partial charge in [-0.2, -0.15) is 5.10 Å². The van der Waals surface area contributed by atoms with Crippen LogP contribution >= 0.6 is 0 Å². The van der Waals surface area contributed by atoms with Gasteiger partial charge in [0, 0.05) is 29.4 Å². The Bertz CT molecular complexity index is 1410. The Morgan fingerprint density at radius 3 is 2.70 bits per heavy atom. The molecule has 0 amide bonds. The molecule has 0 radical (unpaired) electrons. The van der Waals surface area contributed by atoms with E-state index in [-0.39, 0.29) is 5.82 Å². The smallest absolute Gasteiger partial charge is 0.203 e. The molecule has 150 valence electrons. The van der Waals surface area contributed by atoms with E-state index >= 15 is 0 Å². The SMILES string of the molecule is CCn1cnc2c(-c3ccc(F)c(-c4ccn5c(C)nnc5c4OC)c3)cnnc21. The number of nitrogens with zero attached hydrogens (tertiary/aromatic N) is 7. The molecule has 0 fully saturated rings. The van der Waals surface area contributed by atoms with Gasteiger partial charge in [0.2, 0.25) is 5.65 Å². The topological polar surface area (TPSA) is 83.0 Å². The van der Waals surface area contributed by atoms with E-state index in [0.29, 0.717) is 28.2 Å². The number of hydrogen-bond acceptors (Lipinski definition) is 6. The first kappa shape index (κ1) is 18.2. The van der Waals surface area contributed by atoms with E-state index in [0.717, 1.165) is 29.0 Å². The molecule has 0 spiro atoms. The van der Waals surface area contributed by atoms with E-state index in [9.17, 15) is 4.39 Å². The molecule has 0 aliphatic carbocycles. The van der Waals surface area contributed by atoms with Gasteiger partial charge in [-0.1, -0.05) is 6.07 Å². The number of pyridine rings is 1. The molecule has 30 heavy (non-hydrogen) atoms. The molecule has 0 aliphatic rings. The normalized spacial score (nSPS) is 11.5. The molecule has 0 aliphatic heterocycles. The minimum absolute atomic E-state index is 0.366. The number of fused-ring (bicyclic) bond motifs is 2. The summed E-state index contributed by atoms with van der Waals surface area (Å²) in [5.41, 5.74) is 4.51. The van der Waals surface area contributed by atoms with E-state index in [1.165, 1.54) is 13.2 Å². The average molecular weight is 403 g/mol. The van der Waals surface area contributed by atoms with Crippen molar-refractivity contribution in [3.05, 3.63) is 54.6 Å². The van der Waals surface area contributed by atoms with Crippen molar-refractivity contribution in [2.45, 2.75) is 20.4 Å². The fraction of sp³-hybridized carbons (Fsp3) is 0.190. The van der Waals surface area contributed by atoms with Crippen LogP contribution in [0.4, 0.5) is 4.39 Å². The summed E-state index contributed by atoms with van der Waals surface area (Å²) in [4.78, 5) is 4.49. The molecule has 5 aromatic rings. The van der Waals surface area contributed by atoms with Crippen LogP contribution in [0.1, 0.15) is 12.7 Å². The number of hydrogen-bond donors (Lipinski definition) is 0. The monoisotopic (exact) mass is 403 g/mol. The third kappa shape index (κ3) is 2.62. The highest BCUT2D eigenvalue weighted by Crippen LogP contribution is 2.37. The van der Waals surface area contributed by atoms with Gasteiger partial charge in [0.15, 0.2) is 11.4 Å². The number of imidazole rings is 1. The van der Waals surface area contributed by atoms with Crippen molar-refractivity contribution in [2.75, 3.05) is 7.11 Å². The van der Waals surface area contributed by atoms with Crippen molar-refractivity contribution in [3.63, 3.8) is 0 Å². The predicted molar refractivity (Wildman–Crippen MR) is 110 cm³/mol. The number of benzene rings is 1. The first-order valence-electron chi connectivity index (χ1n) is 9.47. The highest BCUT2D eigenvalue weighted by atomic mass is 19.1. The second-order valence-electron chi connectivity index (χ2n) is 6.86. The first-order chi connectivity index (χ1) is 14.6. The van der Waals surface area contributed by atoms with Crippen LogP contribution in [0.15, 0.2) is 43.0 Å². The Labute approximate surface area is 171 Å². The molecule has 0 saturated heterocycles. The molecule has 4 heterocycles. The number of methoxy groups -OCH3 is 1. The summed E-state index contributed by atoms with van der Waals surface area (Å²) in [6.45, 7) is 4.59. The van der Waals surface area contributed by atoms with Crippen LogP contribution in [-0.4, -0.2) is 41.5 Å². The van der Waals surface area contributed by atoms with Gasteiger partial charge in [0.25, 0.3) is 0 Å². The molecule has 0 N–H and O–H groups in total. The minimum Gasteiger partial charge on any atom is -0.492 e. The summed E-state index contributed by atoms with van der Waals surface area (Å²) in [5.74, 6) is 0.818. The Kier molecular flexibility index (Phi) is 4.16. The van der Waals surface area contributed by atoms with Crippen molar-refractivity contribution in [2.24, 2.45) is 0 Å². The highest BCUT2D eigenvalue weighted by molar-refractivity contribution is 5.91. The van der Waals surface area contributed by atoms with Gasteiger partial charge in [-0.3, -0.25) is 4.40 Å². The number of halogens is 1. The lowest BCUT2D eigenvalue weighted by Gasteiger charge is -2.12. The average Bonchev–Trinajstić information content (AvgIpc) is 3.37. The van der Waals surface area contributed by atoms with Gasteiger partial charge in [0.1, 0.15) is 17.2 Å². The van der Waals surface area contributed by atoms with E-state index in [1.54, 1.807) is 35.1 Å². The van der Waals surface area contributed by atoms with E-state index < -0.39 is 0 Å². The molecule has 4 aromatic heterocycles. The summed E-state index contributed by atoms with van der Waals surface area (Å²) in [6, 6.07) is 6.73.